The Morgan fingerprint density at radius 3 is 2.78 bits per heavy atom. The largest absolute Gasteiger partial charge is 0.485 e. The molecule has 3 aromatic rings. The molecule has 6 heteroatoms. The zero-order chi connectivity index (χ0) is 16.0. The summed E-state index contributed by atoms with van der Waals surface area (Å²) in [6.45, 7) is 0.244. The molecule has 0 fully saturated rings. The van der Waals surface area contributed by atoms with Crippen LogP contribution in [0.25, 0.3) is 16.9 Å². The zero-order valence-electron chi connectivity index (χ0n) is 11.8. The maximum Gasteiger partial charge on any atom is 0.269 e. The molecule has 0 atom stereocenters. The molecule has 114 valence electrons. The summed E-state index contributed by atoms with van der Waals surface area (Å²) in [7, 11) is 0. The summed E-state index contributed by atoms with van der Waals surface area (Å²) in [5.74, 6) is 0.324. The summed E-state index contributed by atoms with van der Waals surface area (Å²) in [4.78, 5) is 16.9. The molecule has 4 nitrogen and oxygen atoms in total. The lowest BCUT2D eigenvalue weighted by Crippen LogP contribution is -2.26. The molecule has 0 saturated heterocycles. The first-order valence-corrected chi connectivity index (χ1v) is 7.73. The summed E-state index contributed by atoms with van der Waals surface area (Å²) >= 11 is 3.31. The number of benzene rings is 1. The molecule has 0 spiro atoms. The van der Waals surface area contributed by atoms with E-state index in [0.29, 0.717) is 27.3 Å². The van der Waals surface area contributed by atoms with E-state index in [2.05, 4.69) is 20.9 Å². The van der Waals surface area contributed by atoms with Crippen LogP contribution in [-0.4, -0.2) is 9.55 Å². The van der Waals surface area contributed by atoms with Crippen molar-refractivity contribution in [1.29, 1.82) is 0 Å². The van der Waals surface area contributed by atoms with Gasteiger partial charge in [-0.05, 0) is 58.4 Å². The van der Waals surface area contributed by atoms with E-state index in [0.717, 1.165) is 5.56 Å². The van der Waals surface area contributed by atoms with E-state index in [1.54, 1.807) is 30.5 Å². The molecule has 4 rings (SSSR count). The highest BCUT2D eigenvalue weighted by Gasteiger charge is 2.24. The number of nitrogens with zero attached hydrogens (tertiary/aromatic N) is 2. The minimum absolute atomic E-state index is 0.224. The number of hydrogen-bond donors (Lipinski definition) is 0. The zero-order valence-corrected chi connectivity index (χ0v) is 13.4. The Balaban J connectivity index is 2.04. The summed E-state index contributed by atoms with van der Waals surface area (Å²) < 4.78 is 20.8. The normalized spacial score (nSPS) is 12.3. The van der Waals surface area contributed by atoms with Gasteiger partial charge in [-0.15, -0.1) is 0 Å². The van der Waals surface area contributed by atoms with Crippen LogP contribution in [0.1, 0.15) is 5.69 Å². The van der Waals surface area contributed by atoms with Crippen LogP contribution in [0.3, 0.4) is 0 Å². The molecule has 0 radical (unpaired) electrons. The van der Waals surface area contributed by atoms with Gasteiger partial charge in [0.1, 0.15) is 23.9 Å². The van der Waals surface area contributed by atoms with Crippen LogP contribution >= 0.6 is 15.9 Å². The van der Waals surface area contributed by atoms with Gasteiger partial charge in [0.05, 0.1) is 10.2 Å². The summed E-state index contributed by atoms with van der Waals surface area (Å²) in [6, 6.07) is 11.2. The molecule has 0 N–H and O–H groups in total. The van der Waals surface area contributed by atoms with Crippen molar-refractivity contribution in [2.24, 2.45) is 0 Å². The molecule has 23 heavy (non-hydrogen) atoms. The van der Waals surface area contributed by atoms with Crippen LogP contribution in [0.15, 0.2) is 57.9 Å². The standard InChI is InChI=1S/C17H10BrFN2O2/c18-13-8-12-14(9-23-15-2-1-7-20-16(12)15)21(17(13)22)11-5-3-10(19)4-6-11/h1-8H,9H2. The van der Waals surface area contributed by atoms with Gasteiger partial charge in [0.2, 0.25) is 0 Å². The molecule has 0 bridgehead atoms. The molecule has 0 unspecified atom stereocenters. The van der Waals surface area contributed by atoms with Crippen molar-refractivity contribution in [3.05, 3.63) is 75.0 Å². The first kappa shape index (κ1) is 14.1. The van der Waals surface area contributed by atoms with Gasteiger partial charge in [-0.25, -0.2) is 4.39 Å². The van der Waals surface area contributed by atoms with Gasteiger partial charge in [0.15, 0.2) is 0 Å². The Hall–Kier alpha value is -2.47. The van der Waals surface area contributed by atoms with Crippen LogP contribution < -0.4 is 10.3 Å². The third-order valence-electron chi connectivity index (χ3n) is 3.73. The summed E-state index contributed by atoms with van der Waals surface area (Å²) in [6.07, 6.45) is 1.68. The first-order valence-electron chi connectivity index (χ1n) is 6.94. The highest BCUT2D eigenvalue weighted by molar-refractivity contribution is 9.10. The number of pyridine rings is 2. The van der Waals surface area contributed by atoms with Crippen molar-refractivity contribution in [2.75, 3.05) is 0 Å². The predicted molar refractivity (Wildman–Crippen MR) is 87.3 cm³/mol. The highest BCUT2D eigenvalue weighted by Crippen LogP contribution is 2.36. The molecular weight excluding hydrogens is 363 g/mol. The van der Waals surface area contributed by atoms with Gasteiger partial charge in [-0.1, -0.05) is 0 Å². The lowest BCUT2D eigenvalue weighted by Gasteiger charge is -2.23. The monoisotopic (exact) mass is 372 g/mol. The Labute approximate surface area is 139 Å². The number of halogens is 2. The molecule has 1 aliphatic heterocycles. The Morgan fingerprint density at radius 1 is 1.22 bits per heavy atom. The second-order valence-electron chi connectivity index (χ2n) is 5.11. The number of ether oxygens (including phenoxy) is 1. The molecule has 1 aliphatic rings. The molecule has 3 heterocycles. The number of hydrogen-bond acceptors (Lipinski definition) is 3. The second kappa shape index (κ2) is 5.31. The van der Waals surface area contributed by atoms with Crippen molar-refractivity contribution < 1.29 is 9.13 Å². The van der Waals surface area contributed by atoms with Crippen molar-refractivity contribution in [3.63, 3.8) is 0 Å². The summed E-state index contributed by atoms with van der Waals surface area (Å²) in [5, 5.41) is 0. The van der Waals surface area contributed by atoms with E-state index >= 15 is 0 Å². The molecule has 0 saturated carbocycles. The maximum absolute atomic E-state index is 13.2. The molecule has 0 aliphatic carbocycles. The minimum atomic E-state index is -0.353. The van der Waals surface area contributed by atoms with Crippen LogP contribution in [-0.2, 0) is 6.61 Å². The fourth-order valence-electron chi connectivity index (χ4n) is 2.69. The van der Waals surface area contributed by atoms with E-state index in [4.69, 9.17) is 4.74 Å². The fraction of sp³-hybridized carbons (Fsp3) is 0.0588. The average molecular weight is 373 g/mol. The van der Waals surface area contributed by atoms with Crippen molar-refractivity contribution in [2.45, 2.75) is 6.61 Å². The van der Waals surface area contributed by atoms with Crippen molar-refractivity contribution >= 4 is 15.9 Å². The molecular formula is C17H10BrFN2O2. The number of fused-ring (bicyclic) bond motifs is 3. The van der Waals surface area contributed by atoms with Crippen LogP contribution in [0.4, 0.5) is 4.39 Å². The van der Waals surface area contributed by atoms with Crippen molar-refractivity contribution in [1.82, 2.24) is 9.55 Å². The highest BCUT2D eigenvalue weighted by atomic mass is 79.9. The average Bonchev–Trinajstić information content (AvgIpc) is 2.57. The van der Waals surface area contributed by atoms with E-state index in [9.17, 15) is 9.18 Å². The first-order chi connectivity index (χ1) is 11.1. The predicted octanol–water partition coefficient (Wildman–Crippen LogP) is 3.69. The van der Waals surface area contributed by atoms with Crippen LogP contribution in [0.2, 0.25) is 0 Å². The fourth-order valence-corrected chi connectivity index (χ4v) is 3.09. The van der Waals surface area contributed by atoms with E-state index in [-0.39, 0.29) is 18.0 Å². The lowest BCUT2D eigenvalue weighted by molar-refractivity contribution is 0.292. The van der Waals surface area contributed by atoms with Crippen molar-refractivity contribution in [3.8, 4) is 22.7 Å². The Morgan fingerprint density at radius 2 is 2.00 bits per heavy atom. The van der Waals surface area contributed by atoms with Gasteiger partial charge in [0.25, 0.3) is 5.56 Å². The van der Waals surface area contributed by atoms with Gasteiger partial charge in [0, 0.05) is 17.4 Å². The van der Waals surface area contributed by atoms with Gasteiger partial charge >= 0.3 is 0 Å². The van der Waals surface area contributed by atoms with E-state index in [1.165, 1.54) is 16.7 Å². The molecule has 1 aromatic carbocycles. The molecule has 2 aromatic heterocycles. The maximum atomic E-state index is 13.2. The minimum Gasteiger partial charge on any atom is -0.485 e. The SMILES string of the molecule is O=c1c(Br)cc2c(n1-c1ccc(F)cc1)COc1cccnc1-2. The topological polar surface area (TPSA) is 44.1 Å². The summed E-state index contributed by atoms with van der Waals surface area (Å²) in [5.41, 5.74) is 2.55. The lowest BCUT2D eigenvalue weighted by atomic mass is 10.1. The van der Waals surface area contributed by atoms with Crippen LogP contribution in [0.5, 0.6) is 5.75 Å². The van der Waals surface area contributed by atoms with Gasteiger partial charge < -0.3 is 4.74 Å². The second-order valence-corrected chi connectivity index (χ2v) is 5.96. The Kier molecular flexibility index (Phi) is 3.27. The number of aromatic nitrogens is 2. The quantitative estimate of drug-likeness (QED) is 0.654. The van der Waals surface area contributed by atoms with Gasteiger partial charge in [-0.3, -0.25) is 14.3 Å². The third kappa shape index (κ3) is 2.26. The third-order valence-corrected chi connectivity index (χ3v) is 4.30. The Bertz CT molecular complexity index is 967. The van der Waals surface area contributed by atoms with Gasteiger partial charge in [-0.2, -0.15) is 0 Å². The van der Waals surface area contributed by atoms with E-state index in [1.807, 2.05) is 6.07 Å². The smallest absolute Gasteiger partial charge is 0.269 e. The van der Waals surface area contributed by atoms with E-state index < -0.39 is 0 Å². The van der Waals surface area contributed by atoms with Crippen LogP contribution in [0, 0.1) is 5.82 Å². The molecule has 0 amide bonds. The number of rotatable bonds is 1.